The van der Waals surface area contributed by atoms with E-state index in [9.17, 15) is 9.59 Å². The van der Waals surface area contributed by atoms with Crippen LogP contribution in [0.15, 0.2) is 18.3 Å². The van der Waals surface area contributed by atoms with Crippen LogP contribution in [0.2, 0.25) is 0 Å². The maximum atomic E-state index is 12.1. The van der Waals surface area contributed by atoms with E-state index >= 15 is 0 Å². The number of carbonyl (C=O) groups is 2. The summed E-state index contributed by atoms with van der Waals surface area (Å²) in [5.41, 5.74) is 0.592. The smallest absolute Gasteiger partial charge is 0.307 e. The van der Waals surface area contributed by atoms with Crippen molar-refractivity contribution in [3.63, 3.8) is 0 Å². The van der Waals surface area contributed by atoms with Crippen molar-refractivity contribution in [1.29, 1.82) is 0 Å². The highest BCUT2D eigenvalue weighted by molar-refractivity contribution is 5.92. The number of H-pyrrole nitrogens is 1. The number of likely N-dealkylation sites (tertiary alicyclic amines) is 1. The van der Waals surface area contributed by atoms with E-state index in [2.05, 4.69) is 4.98 Å². The Morgan fingerprint density at radius 1 is 1.39 bits per heavy atom. The Labute approximate surface area is 105 Å². The molecule has 3 rings (SSSR count). The van der Waals surface area contributed by atoms with E-state index in [0.717, 1.165) is 19.3 Å². The zero-order valence-corrected chi connectivity index (χ0v) is 10.1. The molecule has 1 atom stereocenters. The van der Waals surface area contributed by atoms with Gasteiger partial charge in [-0.2, -0.15) is 0 Å². The van der Waals surface area contributed by atoms with Crippen molar-refractivity contribution in [3.05, 3.63) is 24.0 Å². The lowest BCUT2D eigenvalue weighted by atomic mass is 9.90. The number of carboxylic acids is 1. The minimum Gasteiger partial charge on any atom is -0.481 e. The Bertz CT molecular complexity index is 472. The molecule has 18 heavy (non-hydrogen) atoms. The van der Waals surface area contributed by atoms with Gasteiger partial charge in [-0.3, -0.25) is 9.59 Å². The van der Waals surface area contributed by atoms with E-state index in [1.54, 1.807) is 18.3 Å². The SMILES string of the molecule is O=C(O)[C@@H]1CC12CCN(C(=O)c1ccc[nH]1)CC2. The number of aliphatic carboxylic acids is 1. The van der Waals surface area contributed by atoms with Crippen molar-refractivity contribution in [2.75, 3.05) is 13.1 Å². The van der Waals surface area contributed by atoms with Gasteiger partial charge in [0.25, 0.3) is 5.91 Å². The molecule has 1 aliphatic heterocycles. The van der Waals surface area contributed by atoms with E-state index in [-0.39, 0.29) is 17.2 Å². The normalized spacial score (nSPS) is 25.1. The third kappa shape index (κ3) is 1.70. The number of rotatable bonds is 2. The van der Waals surface area contributed by atoms with Crippen LogP contribution in [-0.2, 0) is 4.79 Å². The molecule has 5 heteroatoms. The van der Waals surface area contributed by atoms with Crippen LogP contribution in [0.25, 0.3) is 0 Å². The number of nitrogens with one attached hydrogen (secondary N) is 1. The van der Waals surface area contributed by atoms with Gasteiger partial charge < -0.3 is 15.0 Å². The number of carbonyl (C=O) groups excluding carboxylic acids is 1. The molecule has 1 aliphatic carbocycles. The Balaban J connectivity index is 1.61. The lowest BCUT2D eigenvalue weighted by Crippen LogP contribution is -2.40. The van der Waals surface area contributed by atoms with Gasteiger partial charge in [-0.05, 0) is 36.8 Å². The first kappa shape index (κ1) is 11.3. The maximum absolute atomic E-state index is 12.1. The zero-order valence-electron chi connectivity index (χ0n) is 10.1. The van der Waals surface area contributed by atoms with Gasteiger partial charge in [0.2, 0.25) is 0 Å². The Morgan fingerprint density at radius 2 is 2.11 bits per heavy atom. The largest absolute Gasteiger partial charge is 0.481 e. The van der Waals surface area contributed by atoms with Gasteiger partial charge in [-0.15, -0.1) is 0 Å². The second kappa shape index (κ2) is 3.86. The Hall–Kier alpha value is -1.78. The predicted molar refractivity (Wildman–Crippen MR) is 64.1 cm³/mol. The summed E-state index contributed by atoms with van der Waals surface area (Å²) < 4.78 is 0. The molecule has 96 valence electrons. The van der Waals surface area contributed by atoms with E-state index in [1.165, 1.54) is 0 Å². The Kier molecular flexibility index (Phi) is 2.43. The third-order valence-corrected chi connectivity index (χ3v) is 4.36. The van der Waals surface area contributed by atoms with Crippen LogP contribution < -0.4 is 0 Å². The number of piperidine rings is 1. The van der Waals surface area contributed by atoms with Crippen molar-refractivity contribution in [2.24, 2.45) is 11.3 Å². The highest BCUT2D eigenvalue weighted by atomic mass is 16.4. The lowest BCUT2D eigenvalue weighted by molar-refractivity contribution is -0.139. The average Bonchev–Trinajstić information content (AvgIpc) is 2.84. The minimum atomic E-state index is -0.681. The molecule has 1 aromatic rings. The van der Waals surface area contributed by atoms with Crippen LogP contribution in [0.1, 0.15) is 29.8 Å². The molecule has 2 aliphatic rings. The monoisotopic (exact) mass is 248 g/mol. The van der Waals surface area contributed by atoms with Gasteiger partial charge in [-0.25, -0.2) is 0 Å². The zero-order chi connectivity index (χ0) is 12.8. The lowest BCUT2D eigenvalue weighted by Gasteiger charge is -2.32. The molecular weight excluding hydrogens is 232 g/mol. The molecular formula is C13H16N2O3. The number of amides is 1. The van der Waals surface area contributed by atoms with Crippen LogP contribution in [0.3, 0.4) is 0 Å². The summed E-state index contributed by atoms with van der Waals surface area (Å²) in [7, 11) is 0. The topological polar surface area (TPSA) is 73.4 Å². The van der Waals surface area contributed by atoms with Gasteiger partial charge in [0.05, 0.1) is 5.92 Å². The van der Waals surface area contributed by atoms with Crippen molar-refractivity contribution < 1.29 is 14.7 Å². The maximum Gasteiger partial charge on any atom is 0.307 e. The Morgan fingerprint density at radius 3 is 2.61 bits per heavy atom. The van der Waals surface area contributed by atoms with Crippen LogP contribution in [0.4, 0.5) is 0 Å². The fourth-order valence-electron chi connectivity index (χ4n) is 3.04. The molecule has 2 N–H and O–H groups in total. The molecule has 2 fully saturated rings. The third-order valence-electron chi connectivity index (χ3n) is 4.36. The number of nitrogens with zero attached hydrogens (tertiary/aromatic N) is 1. The van der Waals surface area contributed by atoms with Crippen LogP contribution in [-0.4, -0.2) is 40.0 Å². The van der Waals surface area contributed by atoms with Crippen molar-refractivity contribution in [3.8, 4) is 0 Å². The van der Waals surface area contributed by atoms with Gasteiger partial charge in [-0.1, -0.05) is 0 Å². The van der Waals surface area contributed by atoms with Gasteiger partial charge in [0.15, 0.2) is 0 Å². The first-order chi connectivity index (χ1) is 8.62. The van der Waals surface area contributed by atoms with Gasteiger partial charge in [0, 0.05) is 19.3 Å². The molecule has 5 nitrogen and oxygen atoms in total. The van der Waals surface area contributed by atoms with E-state index in [1.807, 2.05) is 4.90 Å². The molecule has 0 radical (unpaired) electrons. The molecule has 0 unspecified atom stereocenters. The first-order valence-electron chi connectivity index (χ1n) is 6.28. The summed E-state index contributed by atoms with van der Waals surface area (Å²) >= 11 is 0. The second-order valence-electron chi connectivity index (χ2n) is 5.33. The van der Waals surface area contributed by atoms with Crippen molar-refractivity contribution in [2.45, 2.75) is 19.3 Å². The summed E-state index contributed by atoms with van der Waals surface area (Å²) in [5, 5.41) is 9.01. The molecule has 1 spiro atoms. The number of hydrogen-bond acceptors (Lipinski definition) is 2. The first-order valence-corrected chi connectivity index (χ1v) is 6.28. The number of aromatic amines is 1. The average molecular weight is 248 g/mol. The second-order valence-corrected chi connectivity index (χ2v) is 5.33. The van der Waals surface area contributed by atoms with Crippen molar-refractivity contribution in [1.82, 2.24) is 9.88 Å². The van der Waals surface area contributed by atoms with Crippen LogP contribution in [0, 0.1) is 11.3 Å². The summed E-state index contributed by atoms with van der Waals surface area (Å²) in [4.78, 5) is 27.8. The van der Waals surface area contributed by atoms with Crippen molar-refractivity contribution >= 4 is 11.9 Å². The number of carboxylic acid groups (broad SMARTS) is 1. The standard InChI is InChI=1S/C13H16N2O3/c16-11(10-2-1-5-14-10)15-6-3-13(4-7-15)8-9(13)12(17)18/h1-2,5,9,14H,3-4,6-8H2,(H,17,18)/t9-/m0/s1. The highest BCUT2D eigenvalue weighted by Crippen LogP contribution is 2.59. The fourth-order valence-corrected chi connectivity index (χ4v) is 3.04. The molecule has 0 bridgehead atoms. The summed E-state index contributed by atoms with van der Waals surface area (Å²) in [6, 6.07) is 3.57. The molecule has 2 heterocycles. The van der Waals surface area contributed by atoms with E-state index < -0.39 is 5.97 Å². The number of aromatic nitrogens is 1. The molecule has 1 saturated carbocycles. The van der Waals surface area contributed by atoms with Gasteiger partial charge >= 0.3 is 5.97 Å². The quantitative estimate of drug-likeness (QED) is 0.829. The van der Waals surface area contributed by atoms with Gasteiger partial charge in [0.1, 0.15) is 5.69 Å². The van der Waals surface area contributed by atoms with E-state index in [4.69, 9.17) is 5.11 Å². The number of hydrogen-bond donors (Lipinski definition) is 2. The summed E-state index contributed by atoms with van der Waals surface area (Å²) in [6.45, 7) is 1.34. The van der Waals surface area contributed by atoms with Crippen LogP contribution in [0.5, 0.6) is 0 Å². The highest BCUT2D eigenvalue weighted by Gasteiger charge is 2.59. The fraction of sp³-hybridized carbons (Fsp3) is 0.538. The summed E-state index contributed by atoms with van der Waals surface area (Å²) in [6.07, 6.45) is 4.15. The van der Waals surface area contributed by atoms with Crippen LogP contribution >= 0.6 is 0 Å². The minimum absolute atomic E-state index is 0.0155. The molecule has 1 amide bonds. The molecule has 0 aromatic carbocycles. The predicted octanol–water partition coefficient (Wildman–Crippen LogP) is 1.34. The summed E-state index contributed by atoms with van der Waals surface area (Å²) in [5.74, 6) is -0.846. The molecule has 1 aromatic heterocycles. The van der Waals surface area contributed by atoms with E-state index in [0.29, 0.717) is 18.8 Å². The molecule has 1 saturated heterocycles.